The minimum Gasteiger partial charge on any atom is -0.493 e. The molecule has 35 heavy (non-hydrogen) atoms. The first kappa shape index (κ1) is 24.2. The number of carbonyl (C=O) groups excluding carboxylic acids is 3. The Morgan fingerprint density at radius 3 is 2.51 bits per heavy atom. The number of amides is 3. The van der Waals surface area contributed by atoms with Gasteiger partial charge in [0, 0.05) is 31.9 Å². The van der Waals surface area contributed by atoms with Crippen molar-refractivity contribution in [2.45, 2.75) is 0 Å². The van der Waals surface area contributed by atoms with Gasteiger partial charge in [0.2, 0.25) is 5.91 Å². The summed E-state index contributed by atoms with van der Waals surface area (Å²) in [6.45, 7) is 2.03. The molecule has 2 fully saturated rings. The van der Waals surface area contributed by atoms with Gasteiger partial charge in [0.25, 0.3) is 11.1 Å². The zero-order valence-electron chi connectivity index (χ0n) is 19.2. The first-order valence-electron chi connectivity index (χ1n) is 11.0. The van der Waals surface area contributed by atoms with Crippen LogP contribution in [0.4, 0.5) is 10.5 Å². The van der Waals surface area contributed by atoms with Crippen molar-refractivity contribution in [2.24, 2.45) is 0 Å². The Labute approximate surface area is 207 Å². The molecule has 0 unspecified atom stereocenters. The SMILES string of the molecule is COc1cc(/C=C2\SC(=O)N(CC(=O)N3CCN(c4ccccc4)CC3)C2=O)ccc1OCC#N. The molecule has 0 aliphatic carbocycles. The average Bonchev–Trinajstić information content (AvgIpc) is 3.15. The molecule has 2 aromatic rings. The van der Waals surface area contributed by atoms with Gasteiger partial charge in [-0.1, -0.05) is 24.3 Å². The molecule has 0 bridgehead atoms. The van der Waals surface area contributed by atoms with E-state index in [9.17, 15) is 14.4 Å². The van der Waals surface area contributed by atoms with E-state index in [0.29, 0.717) is 43.2 Å². The number of ether oxygens (including phenoxy) is 2. The largest absolute Gasteiger partial charge is 0.493 e. The Hall–Kier alpha value is -3.97. The van der Waals surface area contributed by atoms with Crippen LogP contribution in [0.1, 0.15) is 5.56 Å². The number of hydrogen-bond donors (Lipinski definition) is 0. The maximum absolute atomic E-state index is 12.9. The van der Waals surface area contributed by atoms with Gasteiger partial charge in [-0.15, -0.1) is 0 Å². The fourth-order valence-electron chi connectivity index (χ4n) is 3.88. The summed E-state index contributed by atoms with van der Waals surface area (Å²) in [6, 6.07) is 16.9. The van der Waals surface area contributed by atoms with Gasteiger partial charge in [-0.3, -0.25) is 19.3 Å². The number of nitriles is 1. The zero-order chi connectivity index (χ0) is 24.8. The fraction of sp³-hybridized carbons (Fsp3) is 0.280. The number of carbonyl (C=O) groups is 3. The molecule has 9 nitrogen and oxygen atoms in total. The standard InChI is InChI=1S/C25H24N4O5S/c1-33-21-15-18(7-8-20(21)34-14-9-26)16-22-24(31)29(25(32)35-22)17-23(30)28-12-10-27(11-13-28)19-5-3-2-4-6-19/h2-8,15-16H,10-14,17H2,1H3/b22-16-. The normalized spacial score (nSPS) is 17.0. The molecule has 180 valence electrons. The first-order chi connectivity index (χ1) is 17.0. The van der Waals surface area contributed by atoms with Crippen LogP contribution in [0.2, 0.25) is 0 Å². The second-order valence-corrected chi connectivity index (χ2v) is 8.82. The minimum atomic E-state index is -0.500. The number of methoxy groups -OCH3 is 1. The van der Waals surface area contributed by atoms with E-state index < -0.39 is 11.1 Å². The van der Waals surface area contributed by atoms with Crippen molar-refractivity contribution in [1.29, 1.82) is 5.26 Å². The van der Waals surface area contributed by atoms with Crippen LogP contribution in [0.25, 0.3) is 6.08 Å². The predicted molar refractivity (Wildman–Crippen MR) is 132 cm³/mol. The monoisotopic (exact) mass is 492 g/mol. The van der Waals surface area contributed by atoms with Gasteiger partial charge in [0.05, 0.1) is 12.0 Å². The molecule has 2 heterocycles. The molecule has 4 rings (SSSR count). The average molecular weight is 493 g/mol. The third-order valence-corrected chi connectivity index (χ3v) is 6.61. The van der Waals surface area contributed by atoms with E-state index in [-0.39, 0.29) is 24.0 Å². The number of para-hydroxylation sites is 1. The molecule has 2 saturated heterocycles. The molecule has 0 radical (unpaired) electrons. The van der Waals surface area contributed by atoms with Gasteiger partial charge in [-0.2, -0.15) is 5.26 Å². The molecule has 2 aromatic carbocycles. The summed E-state index contributed by atoms with van der Waals surface area (Å²) in [6.07, 6.45) is 1.57. The van der Waals surface area contributed by atoms with Crippen LogP contribution in [-0.2, 0) is 9.59 Å². The Bertz CT molecular complexity index is 1190. The summed E-state index contributed by atoms with van der Waals surface area (Å²) >= 11 is 0.799. The molecular weight excluding hydrogens is 468 g/mol. The van der Waals surface area contributed by atoms with E-state index in [1.54, 1.807) is 29.2 Å². The second-order valence-electron chi connectivity index (χ2n) is 7.83. The van der Waals surface area contributed by atoms with Crippen molar-refractivity contribution in [1.82, 2.24) is 9.80 Å². The van der Waals surface area contributed by atoms with Crippen molar-refractivity contribution in [3.63, 3.8) is 0 Å². The Balaban J connectivity index is 1.38. The van der Waals surface area contributed by atoms with Gasteiger partial charge in [0.15, 0.2) is 18.1 Å². The van der Waals surface area contributed by atoms with Crippen LogP contribution in [0.3, 0.4) is 0 Å². The molecule has 2 aliphatic rings. The van der Waals surface area contributed by atoms with Gasteiger partial charge in [-0.25, -0.2) is 0 Å². The van der Waals surface area contributed by atoms with E-state index in [1.165, 1.54) is 7.11 Å². The van der Waals surface area contributed by atoms with Crippen LogP contribution >= 0.6 is 11.8 Å². The van der Waals surface area contributed by atoms with Crippen molar-refractivity contribution in [3.05, 3.63) is 59.0 Å². The smallest absolute Gasteiger partial charge is 0.294 e. The second kappa shape index (κ2) is 11.0. The lowest BCUT2D eigenvalue weighted by Crippen LogP contribution is -2.51. The van der Waals surface area contributed by atoms with E-state index in [4.69, 9.17) is 14.7 Å². The third-order valence-electron chi connectivity index (χ3n) is 5.70. The summed E-state index contributed by atoms with van der Waals surface area (Å²) in [7, 11) is 1.47. The quantitative estimate of drug-likeness (QED) is 0.544. The Morgan fingerprint density at radius 2 is 1.83 bits per heavy atom. The van der Waals surface area contributed by atoms with E-state index in [2.05, 4.69) is 4.90 Å². The highest BCUT2D eigenvalue weighted by Crippen LogP contribution is 2.34. The number of imide groups is 1. The predicted octanol–water partition coefficient (Wildman–Crippen LogP) is 2.98. The van der Waals surface area contributed by atoms with Crippen LogP contribution in [0.5, 0.6) is 11.5 Å². The van der Waals surface area contributed by atoms with E-state index >= 15 is 0 Å². The van der Waals surface area contributed by atoms with Crippen molar-refractivity contribution in [2.75, 3.05) is 51.3 Å². The van der Waals surface area contributed by atoms with Gasteiger partial charge >= 0.3 is 0 Å². The van der Waals surface area contributed by atoms with Crippen LogP contribution in [0, 0.1) is 11.3 Å². The highest BCUT2D eigenvalue weighted by Gasteiger charge is 2.37. The molecule has 0 N–H and O–H groups in total. The Morgan fingerprint density at radius 1 is 1.09 bits per heavy atom. The number of rotatable bonds is 7. The summed E-state index contributed by atoms with van der Waals surface area (Å²) in [5, 5.41) is 8.21. The molecule has 0 aromatic heterocycles. The van der Waals surface area contributed by atoms with E-state index in [1.807, 2.05) is 36.4 Å². The van der Waals surface area contributed by atoms with Crippen molar-refractivity contribution < 1.29 is 23.9 Å². The molecule has 2 aliphatic heterocycles. The summed E-state index contributed by atoms with van der Waals surface area (Å²) in [5.74, 6) is 0.0530. The number of anilines is 1. The van der Waals surface area contributed by atoms with Gasteiger partial charge in [-0.05, 0) is 47.7 Å². The lowest BCUT2D eigenvalue weighted by Gasteiger charge is -2.36. The fourth-order valence-corrected chi connectivity index (χ4v) is 4.72. The molecule has 0 saturated carbocycles. The molecule has 10 heteroatoms. The number of benzene rings is 2. The van der Waals surface area contributed by atoms with Gasteiger partial charge in [0.1, 0.15) is 12.6 Å². The van der Waals surface area contributed by atoms with E-state index in [0.717, 1.165) is 22.3 Å². The van der Waals surface area contributed by atoms with Crippen molar-refractivity contribution >= 4 is 40.6 Å². The van der Waals surface area contributed by atoms with Crippen LogP contribution in [0.15, 0.2) is 53.4 Å². The van der Waals surface area contributed by atoms with Crippen LogP contribution in [-0.4, -0.2) is 73.3 Å². The molecule has 0 atom stereocenters. The summed E-state index contributed by atoms with van der Waals surface area (Å²) < 4.78 is 10.6. The topological polar surface area (TPSA) is 103 Å². The number of piperazine rings is 1. The maximum Gasteiger partial charge on any atom is 0.294 e. The molecule has 0 spiro atoms. The molecular formula is C25H24N4O5S. The number of hydrogen-bond acceptors (Lipinski definition) is 8. The zero-order valence-corrected chi connectivity index (χ0v) is 20.0. The minimum absolute atomic E-state index is 0.121. The van der Waals surface area contributed by atoms with Crippen LogP contribution < -0.4 is 14.4 Å². The summed E-state index contributed by atoms with van der Waals surface area (Å²) in [5.41, 5.74) is 1.73. The summed E-state index contributed by atoms with van der Waals surface area (Å²) in [4.78, 5) is 43.3. The highest BCUT2D eigenvalue weighted by atomic mass is 32.2. The number of thioether (sulfide) groups is 1. The first-order valence-corrected chi connectivity index (χ1v) is 11.8. The lowest BCUT2D eigenvalue weighted by molar-refractivity contribution is -0.136. The highest BCUT2D eigenvalue weighted by molar-refractivity contribution is 8.18. The Kier molecular flexibility index (Phi) is 7.57. The third kappa shape index (κ3) is 5.58. The molecule has 3 amide bonds. The maximum atomic E-state index is 12.9. The number of nitrogens with zero attached hydrogens (tertiary/aromatic N) is 4. The van der Waals surface area contributed by atoms with Gasteiger partial charge < -0.3 is 19.3 Å². The lowest BCUT2D eigenvalue weighted by atomic mass is 10.2. The van der Waals surface area contributed by atoms with Crippen molar-refractivity contribution in [3.8, 4) is 17.6 Å².